The SMILES string of the molecule is C[C@H]1C[C@]2(C)Oc3ccccc3[C@@H]3OC[C@@]1(COC(=O)Nc1ccccc1)[C@@H](C)[C@@H]32. The lowest BCUT2D eigenvalue weighted by molar-refractivity contribution is -0.259. The van der Waals surface area contributed by atoms with Gasteiger partial charge in [0.25, 0.3) is 0 Å². The van der Waals surface area contributed by atoms with E-state index in [1.807, 2.05) is 48.5 Å². The third-order valence-electron chi connectivity index (χ3n) is 7.76. The second-order valence-corrected chi connectivity index (χ2v) is 9.40. The summed E-state index contributed by atoms with van der Waals surface area (Å²) in [6, 6.07) is 17.6. The quantitative estimate of drug-likeness (QED) is 0.736. The van der Waals surface area contributed by atoms with E-state index >= 15 is 0 Å². The van der Waals surface area contributed by atoms with Gasteiger partial charge >= 0.3 is 6.09 Å². The Morgan fingerprint density at radius 1 is 1.13 bits per heavy atom. The van der Waals surface area contributed by atoms with Crippen molar-refractivity contribution in [2.45, 2.75) is 38.9 Å². The number of hydrogen-bond acceptors (Lipinski definition) is 4. The van der Waals surface area contributed by atoms with Crippen molar-refractivity contribution < 1.29 is 19.0 Å². The van der Waals surface area contributed by atoms with Gasteiger partial charge < -0.3 is 14.2 Å². The number of para-hydroxylation sites is 2. The van der Waals surface area contributed by atoms with Crippen LogP contribution in [0.5, 0.6) is 5.75 Å². The number of rotatable bonds is 3. The summed E-state index contributed by atoms with van der Waals surface area (Å²) in [7, 11) is 0. The summed E-state index contributed by atoms with van der Waals surface area (Å²) in [5, 5.41) is 2.82. The minimum atomic E-state index is -0.421. The molecule has 5 nitrogen and oxygen atoms in total. The molecule has 2 aromatic rings. The summed E-state index contributed by atoms with van der Waals surface area (Å²) in [6.45, 7) is 7.66. The molecular weight excluding hydrogens is 378 g/mol. The number of ether oxygens (including phenoxy) is 3. The highest BCUT2D eigenvalue weighted by atomic mass is 16.6. The molecule has 5 heteroatoms. The van der Waals surface area contributed by atoms with Crippen LogP contribution in [0.4, 0.5) is 10.5 Å². The molecule has 0 aromatic heterocycles. The predicted molar refractivity (Wildman–Crippen MR) is 114 cm³/mol. The largest absolute Gasteiger partial charge is 0.487 e. The molecule has 1 amide bonds. The van der Waals surface area contributed by atoms with Crippen LogP contribution in [0.3, 0.4) is 0 Å². The summed E-state index contributed by atoms with van der Waals surface area (Å²) in [4.78, 5) is 12.4. The topological polar surface area (TPSA) is 56.8 Å². The smallest absolute Gasteiger partial charge is 0.411 e. The maximum Gasteiger partial charge on any atom is 0.411 e. The second kappa shape index (κ2) is 7.02. The van der Waals surface area contributed by atoms with Crippen molar-refractivity contribution in [1.29, 1.82) is 0 Å². The van der Waals surface area contributed by atoms with E-state index in [0.29, 0.717) is 25.0 Å². The van der Waals surface area contributed by atoms with Crippen LogP contribution in [0.1, 0.15) is 38.9 Å². The predicted octanol–water partition coefficient (Wildman–Crippen LogP) is 5.44. The molecule has 0 unspecified atom stereocenters. The Bertz CT molecular complexity index is 947. The maximum absolute atomic E-state index is 12.4. The zero-order valence-corrected chi connectivity index (χ0v) is 17.8. The lowest BCUT2D eigenvalue weighted by Gasteiger charge is -2.63. The Kier molecular flexibility index (Phi) is 4.55. The van der Waals surface area contributed by atoms with E-state index in [0.717, 1.165) is 23.4 Å². The molecule has 2 heterocycles. The van der Waals surface area contributed by atoms with Gasteiger partial charge in [-0.05, 0) is 43.4 Å². The third kappa shape index (κ3) is 2.90. The van der Waals surface area contributed by atoms with Crippen molar-refractivity contribution in [3.63, 3.8) is 0 Å². The number of benzene rings is 2. The van der Waals surface area contributed by atoms with E-state index in [9.17, 15) is 4.79 Å². The molecule has 6 atom stereocenters. The lowest BCUT2D eigenvalue weighted by Crippen LogP contribution is -2.66. The first-order valence-electron chi connectivity index (χ1n) is 10.8. The van der Waals surface area contributed by atoms with E-state index in [2.05, 4.69) is 32.2 Å². The zero-order valence-electron chi connectivity index (χ0n) is 17.8. The van der Waals surface area contributed by atoms with Crippen LogP contribution in [0.15, 0.2) is 54.6 Å². The van der Waals surface area contributed by atoms with E-state index in [4.69, 9.17) is 14.2 Å². The molecule has 1 saturated heterocycles. The standard InChI is InChI=1S/C25H29NO4/c1-16-13-24(3)21-17(2)25(16,15-29-23(27)26-18-9-5-4-6-10-18)14-28-22(21)19-11-7-8-12-20(19)30-24/h4-12,16-17,21-22H,13-15H2,1-3H3,(H,26,27)/t16-,17-,21-,22-,24-,25-/m0/s1. The molecule has 2 aliphatic heterocycles. The molecule has 2 fully saturated rings. The van der Waals surface area contributed by atoms with Gasteiger partial charge in [0.05, 0.1) is 12.7 Å². The van der Waals surface area contributed by atoms with Crippen LogP contribution >= 0.6 is 0 Å². The molecule has 30 heavy (non-hydrogen) atoms. The van der Waals surface area contributed by atoms with Gasteiger partial charge in [-0.2, -0.15) is 0 Å². The molecule has 2 aromatic carbocycles. The van der Waals surface area contributed by atoms with E-state index < -0.39 is 6.09 Å². The number of anilines is 1. The Balaban J connectivity index is 1.38. The van der Waals surface area contributed by atoms with E-state index in [1.165, 1.54) is 0 Å². The van der Waals surface area contributed by atoms with Gasteiger partial charge in [-0.3, -0.25) is 5.32 Å². The number of hydrogen-bond donors (Lipinski definition) is 1. The summed E-state index contributed by atoms with van der Waals surface area (Å²) < 4.78 is 18.8. The fraction of sp³-hybridized carbons (Fsp3) is 0.480. The van der Waals surface area contributed by atoms with Gasteiger partial charge in [0, 0.05) is 22.6 Å². The highest BCUT2D eigenvalue weighted by Crippen LogP contribution is 2.63. The normalized spacial score (nSPS) is 36.2. The zero-order chi connectivity index (χ0) is 20.9. The number of amides is 1. The minimum Gasteiger partial charge on any atom is -0.487 e. The maximum atomic E-state index is 12.4. The monoisotopic (exact) mass is 407 g/mol. The lowest BCUT2D eigenvalue weighted by atomic mass is 9.50. The summed E-state index contributed by atoms with van der Waals surface area (Å²) in [5.74, 6) is 1.75. The highest BCUT2D eigenvalue weighted by Gasteiger charge is 2.64. The van der Waals surface area contributed by atoms with E-state index in [1.54, 1.807) is 0 Å². The first kappa shape index (κ1) is 19.4. The fourth-order valence-corrected chi connectivity index (χ4v) is 6.13. The minimum absolute atomic E-state index is 0.0220. The van der Waals surface area contributed by atoms with Gasteiger partial charge in [-0.15, -0.1) is 0 Å². The van der Waals surface area contributed by atoms with Crippen LogP contribution in [0.2, 0.25) is 0 Å². The molecule has 1 N–H and O–H groups in total. The molecule has 2 bridgehead atoms. The molecule has 158 valence electrons. The fourth-order valence-electron chi connectivity index (χ4n) is 6.13. The van der Waals surface area contributed by atoms with Gasteiger partial charge in [-0.1, -0.05) is 50.2 Å². The Morgan fingerprint density at radius 2 is 1.87 bits per heavy atom. The summed E-state index contributed by atoms with van der Waals surface area (Å²) in [5.41, 5.74) is 1.37. The van der Waals surface area contributed by atoms with Gasteiger partial charge in [-0.25, -0.2) is 4.79 Å². The third-order valence-corrected chi connectivity index (χ3v) is 7.76. The van der Waals surface area contributed by atoms with Gasteiger partial charge in [0.1, 0.15) is 18.0 Å². The van der Waals surface area contributed by atoms with E-state index in [-0.39, 0.29) is 23.0 Å². The van der Waals surface area contributed by atoms with Crippen molar-refractivity contribution >= 4 is 11.8 Å². The Hall–Kier alpha value is -2.53. The number of fused-ring (bicyclic) bond motifs is 3. The molecule has 3 aliphatic rings. The van der Waals surface area contributed by atoms with Crippen LogP contribution in [-0.4, -0.2) is 24.9 Å². The number of nitrogens with one attached hydrogen (secondary N) is 1. The molecular formula is C25H29NO4. The Morgan fingerprint density at radius 3 is 2.67 bits per heavy atom. The molecule has 1 saturated carbocycles. The molecule has 0 radical (unpaired) electrons. The second-order valence-electron chi connectivity index (χ2n) is 9.40. The summed E-state index contributed by atoms with van der Waals surface area (Å²) in [6.07, 6.45) is 0.518. The van der Waals surface area contributed by atoms with Gasteiger partial charge in [0.2, 0.25) is 0 Å². The Labute approximate surface area is 177 Å². The average molecular weight is 408 g/mol. The van der Waals surface area contributed by atoms with Crippen LogP contribution in [0.25, 0.3) is 0 Å². The van der Waals surface area contributed by atoms with Crippen molar-refractivity contribution in [2.75, 3.05) is 18.5 Å². The number of carbonyl (C=O) groups is 1. The molecule has 0 spiro atoms. The summed E-state index contributed by atoms with van der Waals surface area (Å²) >= 11 is 0. The first-order valence-corrected chi connectivity index (χ1v) is 10.8. The average Bonchev–Trinajstić information content (AvgIpc) is 2.73. The van der Waals surface area contributed by atoms with Crippen molar-refractivity contribution in [3.05, 3.63) is 60.2 Å². The van der Waals surface area contributed by atoms with Crippen molar-refractivity contribution in [2.24, 2.45) is 23.2 Å². The first-order chi connectivity index (χ1) is 14.4. The van der Waals surface area contributed by atoms with Crippen LogP contribution in [-0.2, 0) is 9.47 Å². The van der Waals surface area contributed by atoms with Crippen molar-refractivity contribution in [3.8, 4) is 5.75 Å². The molecule has 1 aliphatic carbocycles. The van der Waals surface area contributed by atoms with Crippen molar-refractivity contribution in [1.82, 2.24) is 0 Å². The number of carbonyl (C=O) groups excluding carboxylic acids is 1. The highest BCUT2D eigenvalue weighted by molar-refractivity contribution is 5.84. The van der Waals surface area contributed by atoms with Gasteiger partial charge in [0.15, 0.2) is 0 Å². The van der Waals surface area contributed by atoms with Crippen LogP contribution in [0, 0.1) is 23.2 Å². The molecule has 5 rings (SSSR count). The van der Waals surface area contributed by atoms with Crippen LogP contribution < -0.4 is 10.1 Å².